The van der Waals surface area contributed by atoms with Crippen molar-refractivity contribution in [3.63, 3.8) is 0 Å². The molecule has 0 aromatic heterocycles. The highest BCUT2D eigenvalue weighted by Gasteiger charge is 2.37. The van der Waals surface area contributed by atoms with E-state index in [9.17, 15) is 9.90 Å². The monoisotopic (exact) mass is 224 g/mol. The van der Waals surface area contributed by atoms with E-state index in [-0.39, 0.29) is 11.3 Å². The lowest BCUT2D eigenvalue weighted by atomic mass is 9.64. The van der Waals surface area contributed by atoms with Gasteiger partial charge in [-0.1, -0.05) is 39.7 Å². The Morgan fingerprint density at radius 1 is 1.25 bits per heavy atom. The molecular weight excluding hydrogens is 200 g/mol. The quantitative estimate of drug-likeness (QED) is 0.723. The summed E-state index contributed by atoms with van der Waals surface area (Å²) in [7, 11) is 0. The zero-order valence-corrected chi connectivity index (χ0v) is 10.9. The van der Waals surface area contributed by atoms with E-state index >= 15 is 0 Å². The number of carbonyl (C=O) groups is 1. The number of hydrogen-bond acceptors (Lipinski definition) is 1. The van der Waals surface area contributed by atoms with Gasteiger partial charge in [0.1, 0.15) is 0 Å². The van der Waals surface area contributed by atoms with Crippen molar-refractivity contribution in [3.05, 3.63) is 11.6 Å². The highest BCUT2D eigenvalue weighted by Crippen LogP contribution is 2.44. The molecule has 0 spiro atoms. The van der Waals surface area contributed by atoms with Crippen LogP contribution in [0.2, 0.25) is 0 Å². The lowest BCUT2D eigenvalue weighted by Gasteiger charge is -2.40. The van der Waals surface area contributed by atoms with E-state index in [0.717, 1.165) is 6.42 Å². The smallest absolute Gasteiger partial charge is 0.331 e. The van der Waals surface area contributed by atoms with Gasteiger partial charge in [0.2, 0.25) is 0 Å². The van der Waals surface area contributed by atoms with Crippen LogP contribution in [0.3, 0.4) is 0 Å². The number of rotatable bonds is 2. The van der Waals surface area contributed by atoms with Gasteiger partial charge in [-0.2, -0.15) is 0 Å². The van der Waals surface area contributed by atoms with Gasteiger partial charge in [0.25, 0.3) is 0 Å². The molecule has 0 aromatic rings. The first kappa shape index (κ1) is 13.3. The molecule has 1 fully saturated rings. The van der Waals surface area contributed by atoms with Crippen LogP contribution in [0.4, 0.5) is 0 Å². The molecule has 2 atom stereocenters. The van der Waals surface area contributed by atoms with E-state index in [1.165, 1.54) is 19.3 Å². The molecule has 16 heavy (non-hydrogen) atoms. The Bertz CT molecular complexity index is 284. The van der Waals surface area contributed by atoms with Crippen LogP contribution in [0, 0.1) is 17.3 Å². The second-order valence-electron chi connectivity index (χ2n) is 5.91. The van der Waals surface area contributed by atoms with Gasteiger partial charge < -0.3 is 5.11 Å². The third-order valence-electron chi connectivity index (χ3n) is 3.84. The van der Waals surface area contributed by atoms with Crippen LogP contribution >= 0.6 is 0 Å². The van der Waals surface area contributed by atoms with Gasteiger partial charge in [0, 0.05) is 5.57 Å². The van der Waals surface area contributed by atoms with E-state index in [1.54, 1.807) is 6.08 Å². The highest BCUT2D eigenvalue weighted by molar-refractivity contribution is 5.87. The molecule has 92 valence electrons. The Labute approximate surface area is 98.7 Å². The molecule has 1 aliphatic rings. The van der Waals surface area contributed by atoms with Crippen LogP contribution in [0.15, 0.2) is 11.6 Å². The maximum absolute atomic E-state index is 11.2. The fourth-order valence-corrected chi connectivity index (χ4v) is 3.04. The van der Waals surface area contributed by atoms with E-state index in [2.05, 4.69) is 20.8 Å². The van der Waals surface area contributed by atoms with E-state index in [0.29, 0.717) is 11.5 Å². The second kappa shape index (κ2) is 5.03. The molecule has 0 heterocycles. The Hall–Kier alpha value is -0.790. The number of carboxylic acid groups (broad SMARTS) is 1. The molecule has 1 saturated carbocycles. The maximum Gasteiger partial charge on any atom is 0.331 e. The Morgan fingerprint density at radius 3 is 2.25 bits per heavy atom. The average Bonchev–Trinajstić information content (AvgIpc) is 2.17. The third kappa shape index (κ3) is 2.87. The van der Waals surface area contributed by atoms with E-state index in [4.69, 9.17) is 0 Å². The number of aliphatic carboxylic acids is 1. The summed E-state index contributed by atoms with van der Waals surface area (Å²) in [5.41, 5.74) is 0.828. The predicted octanol–water partition coefficient (Wildman–Crippen LogP) is 3.87. The predicted molar refractivity (Wildman–Crippen MR) is 66.3 cm³/mol. The summed E-state index contributed by atoms with van der Waals surface area (Å²) in [5.74, 6) is 0.0171. The lowest BCUT2D eigenvalue weighted by Crippen LogP contribution is -2.33. The van der Waals surface area contributed by atoms with Crippen LogP contribution in [0.5, 0.6) is 0 Å². The SMILES string of the molecule is C/C=C(/C(=O)O)C1CCCCC1C(C)(C)C. The summed E-state index contributed by atoms with van der Waals surface area (Å²) >= 11 is 0. The average molecular weight is 224 g/mol. The molecule has 2 nitrogen and oxygen atoms in total. The van der Waals surface area contributed by atoms with Gasteiger partial charge in [-0.25, -0.2) is 4.79 Å². The van der Waals surface area contributed by atoms with Crippen molar-refractivity contribution in [1.82, 2.24) is 0 Å². The molecular formula is C14H24O2. The van der Waals surface area contributed by atoms with Crippen molar-refractivity contribution in [1.29, 1.82) is 0 Å². The molecule has 0 amide bonds. The molecule has 0 aromatic carbocycles. The summed E-state index contributed by atoms with van der Waals surface area (Å²) in [6, 6.07) is 0. The molecule has 0 aliphatic heterocycles. The summed E-state index contributed by atoms with van der Waals surface area (Å²) < 4.78 is 0. The van der Waals surface area contributed by atoms with E-state index in [1.807, 2.05) is 6.92 Å². The molecule has 0 saturated heterocycles. The number of carboxylic acids is 1. The highest BCUT2D eigenvalue weighted by atomic mass is 16.4. The first-order valence-electron chi connectivity index (χ1n) is 6.27. The summed E-state index contributed by atoms with van der Waals surface area (Å²) in [6.45, 7) is 8.53. The van der Waals surface area contributed by atoms with Crippen molar-refractivity contribution in [2.75, 3.05) is 0 Å². The van der Waals surface area contributed by atoms with Gasteiger partial charge in [-0.15, -0.1) is 0 Å². The molecule has 0 bridgehead atoms. The van der Waals surface area contributed by atoms with Crippen molar-refractivity contribution in [3.8, 4) is 0 Å². The minimum atomic E-state index is -0.733. The van der Waals surface area contributed by atoms with Crippen LogP contribution in [0.1, 0.15) is 53.4 Å². The first-order valence-corrected chi connectivity index (χ1v) is 6.27. The molecule has 2 heteroatoms. The number of hydrogen-bond donors (Lipinski definition) is 1. The molecule has 1 N–H and O–H groups in total. The van der Waals surface area contributed by atoms with Gasteiger partial charge in [-0.05, 0) is 37.0 Å². The van der Waals surface area contributed by atoms with Crippen molar-refractivity contribution < 1.29 is 9.90 Å². The van der Waals surface area contributed by atoms with Crippen molar-refractivity contribution in [2.24, 2.45) is 17.3 Å². The Morgan fingerprint density at radius 2 is 1.81 bits per heavy atom. The van der Waals surface area contributed by atoms with Crippen molar-refractivity contribution in [2.45, 2.75) is 53.4 Å². The largest absolute Gasteiger partial charge is 0.478 e. The molecule has 0 radical (unpaired) electrons. The van der Waals surface area contributed by atoms with Gasteiger partial charge in [0.05, 0.1) is 0 Å². The minimum Gasteiger partial charge on any atom is -0.478 e. The van der Waals surface area contributed by atoms with Crippen LogP contribution in [0.25, 0.3) is 0 Å². The topological polar surface area (TPSA) is 37.3 Å². The third-order valence-corrected chi connectivity index (χ3v) is 3.84. The normalized spacial score (nSPS) is 27.9. The summed E-state index contributed by atoms with van der Waals surface area (Å²) in [6.07, 6.45) is 6.40. The fraction of sp³-hybridized carbons (Fsp3) is 0.786. The second-order valence-corrected chi connectivity index (χ2v) is 5.91. The van der Waals surface area contributed by atoms with Crippen LogP contribution in [-0.2, 0) is 4.79 Å². The van der Waals surface area contributed by atoms with E-state index < -0.39 is 5.97 Å². The minimum absolute atomic E-state index is 0.203. The molecule has 1 rings (SSSR count). The zero-order chi connectivity index (χ0) is 12.3. The van der Waals surface area contributed by atoms with Gasteiger partial charge in [-0.3, -0.25) is 0 Å². The van der Waals surface area contributed by atoms with Gasteiger partial charge >= 0.3 is 5.97 Å². The first-order chi connectivity index (χ1) is 7.38. The van der Waals surface area contributed by atoms with Gasteiger partial charge in [0.15, 0.2) is 0 Å². The summed E-state index contributed by atoms with van der Waals surface area (Å²) in [5, 5.41) is 9.24. The maximum atomic E-state index is 11.2. The molecule has 1 aliphatic carbocycles. The number of allylic oxidation sites excluding steroid dienone is 1. The lowest BCUT2D eigenvalue weighted by molar-refractivity contribution is -0.133. The van der Waals surface area contributed by atoms with Crippen molar-refractivity contribution >= 4 is 5.97 Å². The molecule has 2 unspecified atom stereocenters. The van der Waals surface area contributed by atoms with Crippen LogP contribution in [-0.4, -0.2) is 11.1 Å². The Kier molecular flexibility index (Phi) is 4.17. The fourth-order valence-electron chi connectivity index (χ4n) is 3.04. The Balaban J connectivity index is 2.94. The van der Waals surface area contributed by atoms with Crippen LogP contribution < -0.4 is 0 Å². The zero-order valence-electron chi connectivity index (χ0n) is 10.9. The standard InChI is InChI=1S/C14H24O2/c1-5-10(13(15)16)11-8-6-7-9-12(11)14(2,3)4/h5,11-12H,6-9H2,1-4H3,(H,15,16)/b10-5+. The summed E-state index contributed by atoms with van der Waals surface area (Å²) in [4.78, 5) is 11.2.